The lowest BCUT2D eigenvalue weighted by molar-refractivity contribution is 0.487. The van der Waals surface area contributed by atoms with Crippen molar-refractivity contribution >= 4 is 94.4 Å². The van der Waals surface area contributed by atoms with E-state index < -0.39 is 8.07 Å². The molecule has 0 spiro atoms. The highest BCUT2D eigenvalue weighted by molar-refractivity contribution is 7.21. The molecule has 1 unspecified atom stereocenters. The van der Waals surface area contributed by atoms with E-state index in [9.17, 15) is 0 Å². The zero-order chi connectivity index (χ0) is 44.9. The van der Waals surface area contributed by atoms with Gasteiger partial charge in [-0.05, 0) is 97.6 Å². The molecule has 0 fully saturated rings. The summed E-state index contributed by atoms with van der Waals surface area (Å²) in [4.78, 5) is 0. The first-order chi connectivity index (χ1) is 33.5. The lowest BCUT2D eigenvalue weighted by atomic mass is 9.82. The lowest BCUT2D eigenvalue weighted by Gasteiger charge is -2.40. The highest BCUT2D eigenvalue weighted by atomic mass is 28.3. The summed E-state index contributed by atoms with van der Waals surface area (Å²) < 4.78 is 18.9. The van der Waals surface area contributed by atoms with Gasteiger partial charge in [0.25, 0.3) is 0 Å². The van der Waals surface area contributed by atoms with Crippen LogP contribution in [0.25, 0.3) is 88.1 Å². The average Bonchev–Trinajstić information content (AvgIpc) is 4.10. The number of fused-ring (bicyclic) bond motifs is 14. The Kier molecular flexibility index (Phi) is 7.56. The number of hydrogen-bond donors (Lipinski definition) is 0. The maximum Gasteiger partial charge on any atom is 0.188 e. The predicted molar refractivity (Wildman–Crippen MR) is 284 cm³/mol. The predicted octanol–water partition coefficient (Wildman–Crippen LogP) is 13.6. The quantitative estimate of drug-likeness (QED) is 0.165. The highest BCUT2D eigenvalue weighted by Gasteiger charge is 2.49. The molecule has 5 heteroatoms. The van der Waals surface area contributed by atoms with Crippen molar-refractivity contribution in [1.29, 1.82) is 0 Å². The second kappa shape index (κ2) is 13.6. The molecule has 1 aliphatic carbocycles. The van der Waals surface area contributed by atoms with Crippen molar-refractivity contribution in [2.75, 3.05) is 0 Å². The Hall–Kier alpha value is -8.38. The summed E-state index contributed by atoms with van der Waals surface area (Å²) in [6.45, 7) is 4.74. The first-order valence-corrected chi connectivity index (χ1v) is 25.6. The van der Waals surface area contributed by atoms with E-state index >= 15 is 0 Å². The van der Waals surface area contributed by atoms with Gasteiger partial charge in [0.05, 0.1) is 33.1 Å². The van der Waals surface area contributed by atoms with Crippen LogP contribution < -0.4 is 25.5 Å². The molecule has 0 amide bonds. The monoisotopic (exact) mass is 886 g/mol. The van der Waals surface area contributed by atoms with Gasteiger partial charge < -0.3 is 18.3 Å². The maximum absolute atomic E-state index is 7.21. The van der Waals surface area contributed by atoms with E-state index in [1.807, 2.05) is 0 Å². The molecule has 1 atom stereocenters. The van der Waals surface area contributed by atoms with Gasteiger partial charge in [-0.1, -0.05) is 172 Å². The number of furan rings is 1. The van der Waals surface area contributed by atoms with Crippen molar-refractivity contribution < 1.29 is 9.15 Å². The standard InChI is InChI=1S/C63H42N2O2Si/c1-63(2)49-21-8-3-16-42(49)47-37-40(31-33-50(47)63)68(41-32-34-56-48(38-41)62-55(26-15-28-58(62)66-56)65-53-24-11-6-19-45(53)46-20-7-12-25-54(46)65)60-29-14-13-27-57(60)67-59-36-39(30-35-61(59)68)64-51-22-9-4-17-43(51)44-18-5-10-23-52(44)64/h3-38H,1-2H3. The average molecular weight is 887 g/mol. The molecular formula is C63H42N2O2Si. The fourth-order valence-corrected chi connectivity index (χ4v) is 17.5. The highest BCUT2D eigenvalue weighted by Crippen LogP contribution is 2.49. The zero-order valence-corrected chi connectivity index (χ0v) is 38.5. The normalized spacial score (nSPS) is 15.8. The molecular weight excluding hydrogens is 845 g/mol. The van der Waals surface area contributed by atoms with E-state index in [4.69, 9.17) is 9.15 Å². The summed E-state index contributed by atoms with van der Waals surface area (Å²) in [6.07, 6.45) is 0. The van der Waals surface area contributed by atoms with Crippen LogP contribution in [0.5, 0.6) is 11.5 Å². The number of para-hydroxylation sites is 5. The van der Waals surface area contributed by atoms with Crippen LogP contribution in [0, 0.1) is 0 Å². The van der Waals surface area contributed by atoms with Crippen LogP contribution in [0.4, 0.5) is 0 Å². The third-order valence-electron chi connectivity index (χ3n) is 15.5. The van der Waals surface area contributed by atoms with E-state index in [2.05, 4.69) is 241 Å². The van der Waals surface area contributed by atoms with E-state index in [1.54, 1.807) is 0 Å². The fourth-order valence-electron chi connectivity index (χ4n) is 12.5. The topological polar surface area (TPSA) is 32.2 Å². The third kappa shape index (κ3) is 4.88. The van der Waals surface area contributed by atoms with Crippen LogP contribution in [0.2, 0.25) is 0 Å². The minimum Gasteiger partial charge on any atom is -0.457 e. The van der Waals surface area contributed by atoms with Gasteiger partial charge in [0.2, 0.25) is 0 Å². The summed E-state index contributed by atoms with van der Waals surface area (Å²) in [7, 11) is -3.23. The van der Waals surface area contributed by atoms with Crippen LogP contribution in [0.1, 0.15) is 25.0 Å². The van der Waals surface area contributed by atoms with Gasteiger partial charge in [-0.25, -0.2) is 0 Å². The molecule has 10 aromatic carbocycles. The first-order valence-electron chi connectivity index (χ1n) is 23.6. The second-order valence-corrected chi connectivity index (χ2v) is 22.9. The Labute approximate surface area is 393 Å². The molecule has 0 saturated heterocycles. The van der Waals surface area contributed by atoms with Crippen molar-refractivity contribution in [1.82, 2.24) is 9.13 Å². The number of benzene rings is 10. The smallest absolute Gasteiger partial charge is 0.188 e. The molecule has 0 saturated carbocycles. The van der Waals surface area contributed by atoms with Gasteiger partial charge >= 0.3 is 0 Å². The molecule has 320 valence electrons. The van der Waals surface area contributed by atoms with E-state index in [0.717, 1.165) is 44.8 Å². The fraction of sp³-hybridized carbons (Fsp3) is 0.0476. The van der Waals surface area contributed by atoms with E-state index in [1.165, 1.54) is 86.6 Å². The summed E-state index contributed by atoms with van der Waals surface area (Å²) in [5.74, 6) is 1.79. The molecule has 4 nitrogen and oxygen atoms in total. The molecule has 68 heavy (non-hydrogen) atoms. The van der Waals surface area contributed by atoms with Crippen molar-refractivity contribution in [3.8, 4) is 34.0 Å². The van der Waals surface area contributed by atoms with Gasteiger partial charge in [-0.3, -0.25) is 0 Å². The first kappa shape index (κ1) is 37.8. The SMILES string of the molecule is CC1(C)c2ccccc2-c2cc([Si]3(c4ccc5oc6cccc(-n7c8ccccc8c8ccccc87)c6c5c4)c4ccccc4Oc4cc(-n5c6ccccc6c6ccccc65)ccc43)ccc21. The van der Waals surface area contributed by atoms with Crippen molar-refractivity contribution in [3.05, 3.63) is 230 Å². The molecule has 2 aliphatic rings. The van der Waals surface area contributed by atoms with E-state index in [-0.39, 0.29) is 5.41 Å². The van der Waals surface area contributed by atoms with Gasteiger partial charge in [0.15, 0.2) is 8.07 Å². The zero-order valence-electron chi connectivity index (χ0n) is 37.5. The van der Waals surface area contributed by atoms with Crippen LogP contribution in [0.3, 0.4) is 0 Å². The van der Waals surface area contributed by atoms with Crippen LogP contribution in [-0.4, -0.2) is 17.2 Å². The molecule has 0 bridgehead atoms. The summed E-state index contributed by atoms with van der Waals surface area (Å²) >= 11 is 0. The molecule has 0 N–H and O–H groups in total. The van der Waals surface area contributed by atoms with Gasteiger partial charge in [-0.15, -0.1) is 0 Å². The van der Waals surface area contributed by atoms with Gasteiger partial charge in [0, 0.05) is 44.1 Å². The maximum atomic E-state index is 7.21. The summed E-state index contributed by atoms with van der Waals surface area (Å²) in [5, 5.41) is 12.2. The summed E-state index contributed by atoms with van der Waals surface area (Å²) in [5.41, 5.74) is 13.8. The van der Waals surface area contributed by atoms with Crippen molar-refractivity contribution in [2.45, 2.75) is 19.3 Å². The number of aromatic nitrogens is 2. The molecule has 13 aromatic rings. The number of hydrogen-bond acceptors (Lipinski definition) is 2. The number of ether oxygens (including phenoxy) is 1. The van der Waals surface area contributed by atoms with Crippen LogP contribution in [0.15, 0.2) is 223 Å². The summed E-state index contributed by atoms with van der Waals surface area (Å²) in [6, 6.07) is 80.7. The van der Waals surface area contributed by atoms with Crippen LogP contribution >= 0.6 is 0 Å². The molecule has 0 radical (unpaired) electrons. The Morgan fingerprint density at radius 2 is 0.971 bits per heavy atom. The van der Waals surface area contributed by atoms with Gasteiger partial charge in [0.1, 0.15) is 22.7 Å². The molecule has 4 heterocycles. The lowest BCUT2D eigenvalue weighted by Crippen LogP contribution is -2.76. The number of nitrogens with zero attached hydrogens (tertiary/aromatic N) is 2. The molecule has 15 rings (SSSR count). The van der Waals surface area contributed by atoms with E-state index in [0.29, 0.717) is 0 Å². The largest absolute Gasteiger partial charge is 0.457 e. The second-order valence-electron chi connectivity index (χ2n) is 19.2. The Morgan fingerprint density at radius 3 is 1.69 bits per heavy atom. The Bertz CT molecular complexity index is 4190. The Balaban J connectivity index is 1.05. The third-order valence-corrected chi connectivity index (χ3v) is 20.3. The number of rotatable bonds is 4. The Morgan fingerprint density at radius 1 is 0.397 bits per heavy atom. The molecule has 1 aliphatic heterocycles. The minimum absolute atomic E-state index is 0.125. The van der Waals surface area contributed by atoms with Gasteiger partial charge in [-0.2, -0.15) is 0 Å². The molecule has 3 aromatic heterocycles. The minimum atomic E-state index is -3.23. The van der Waals surface area contributed by atoms with Crippen molar-refractivity contribution in [2.24, 2.45) is 0 Å². The van der Waals surface area contributed by atoms with Crippen molar-refractivity contribution in [3.63, 3.8) is 0 Å². The van der Waals surface area contributed by atoms with Crippen LogP contribution in [-0.2, 0) is 5.41 Å².